The van der Waals surface area contributed by atoms with Gasteiger partial charge in [0, 0.05) is 0 Å². The van der Waals surface area contributed by atoms with E-state index in [1.165, 1.54) is 0 Å². The number of aryl methyl sites for hydroxylation is 1. The van der Waals surface area contributed by atoms with Crippen LogP contribution in [0.15, 0.2) is 59.5 Å². The number of thioether (sulfide) groups is 1. The Bertz CT molecular complexity index is 877. The number of carbonyl (C=O) groups excluding carboxylic acids is 2. The molecule has 1 heterocycles. The smallest absolute Gasteiger partial charge is 0.267 e. The number of hydrogen-bond donors (Lipinski definition) is 0. The van der Waals surface area contributed by atoms with Crippen molar-refractivity contribution in [3.05, 3.63) is 76.2 Å². The summed E-state index contributed by atoms with van der Waals surface area (Å²) in [5, 5.41) is 11.7. The molecule has 1 fully saturated rings. The topological polar surface area (TPSA) is 60.4 Å². The van der Waals surface area contributed by atoms with Crippen molar-refractivity contribution in [2.24, 2.45) is 0 Å². The lowest BCUT2D eigenvalue weighted by Gasteiger charge is -2.27. The van der Waals surface area contributed by atoms with Crippen molar-refractivity contribution in [3.8, 4) is 0 Å². The molecule has 0 N–H and O–H groups in total. The zero-order valence-electron chi connectivity index (χ0n) is 13.3. The van der Waals surface area contributed by atoms with Gasteiger partial charge >= 0.3 is 0 Å². The molecule has 0 bridgehead atoms. The summed E-state index contributed by atoms with van der Waals surface area (Å²) in [6.07, 6.45) is 1.74. The molecule has 0 aromatic heterocycles. The molecule has 1 aliphatic heterocycles. The van der Waals surface area contributed by atoms with Crippen LogP contribution in [0.4, 0.5) is 0 Å². The predicted octanol–water partition coefficient (Wildman–Crippen LogP) is 2.69. The number of carboxylic acids is 1. The Morgan fingerprint density at radius 1 is 1.16 bits per heavy atom. The van der Waals surface area contributed by atoms with E-state index >= 15 is 0 Å². The van der Waals surface area contributed by atoms with E-state index in [2.05, 4.69) is 0 Å². The molecule has 0 saturated carbocycles. The molecule has 2 aromatic carbocycles. The van der Waals surface area contributed by atoms with E-state index in [0.29, 0.717) is 10.5 Å². The Kier molecular flexibility index (Phi) is 5.01. The number of rotatable bonds is 4. The van der Waals surface area contributed by atoms with Crippen LogP contribution in [0, 0.1) is 6.92 Å². The second-order valence-electron chi connectivity index (χ2n) is 5.54. The van der Waals surface area contributed by atoms with E-state index in [1.54, 1.807) is 36.4 Å². The first-order chi connectivity index (χ1) is 12.0. The van der Waals surface area contributed by atoms with Crippen LogP contribution in [0.25, 0.3) is 6.08 Å². The number of hydrogen-bond acceptors (Lipinski definition) is 5. The first kappa shape index (κ1) is 17.4. The van der Waals surface area contributed by atoms with E-state index in [1.807, 2.05) is 31.2 Å². The molecule has 126 valence electrons. The molecule has 1 amide bonds. The molecular formula is C19H14NO3S2-. The highest BCUT2D eigenvalue weighted by Crippen LogP contribution is 2.38. The van der Waals surface area contributed by atoms with E-state index in [-0.39, 0.29) is 4.32 Å². The number of amides is 1. The van der Waals surface area contributed by atoms with Gasteiger partial charge in [-0.15, -0.1) is 0 Å². The van der Waals surface area contributed by atoms with Crippen LogP contribution in [0.1, 0.15) is 22.7 Å². The lowest BCUT2D eigenvalue weighted by Crippen LogP contribution is -2.43. The van der Waals surface area contributed by atoms with Gasteiger partial charge in [-0.25, -0.2) is 0 Å². The second-order valence-corrected chi connectivity index (χ2v) is 7.22. The second kappa shape index (κ2) is 7.21. The van der Waals surface area contributed by atoms with Gasteiger partial charge in [0.25, 0.3) is 5.91 Å². The lowest BCUT2D eigenvalue weighted by atomic mass is 10.1. The maximum absolute atomic E-state index is 12.8. The molecular weight excluding hydrogens is 354 g/mol. The molecule has 1 saturated heterocycles. The minimum atomic E-state index is -1.36. The van der Waals surface area contributed by atoms with Gasteiger partial charge in [0.1, 0.15) is 10.4 Å². The summed E-state index contributed by atoms with van der Waals surface area (Å²) in [7, 11) is 0. The number of carbonyl (C=O) groups is 2. The number of nitrogens with zero attached hydrogens (tertiary/aromatic N) is 1. The molecule has 6 heteroatoms. The van der Waals surface area contributed by atoms with E-state index < -0.39 is 17.9 Å². The number of benzene rings is 2. The summed E-state index contributed by atoms with van der Waals surface area (Å²) >= 11 is 6.38. The summed E-state index contributed by atoms with van der Waals surface area (Å²) in [5.41, 5.74) is 2.37. The van der Waals surface area contributed by atoms with Crippen LogP contribution < -0.4 is 5.11 Å². The highest BCUT2D eigenvalue weighted by molar-refractivity contribution is 8.26. The van der Waals surface area contributed by atoms with Crippen LogP contribution >= 0.6 is 24.0 Å². The molecule has 0 spiro atoms. The molecule has 0 aliphatic carbocycles. The van der Waals surface area contributed by atoms with Crippen LogP contribution in [-0.4, -0.2) is 21.1 Å². The van der Waals surface area contributed by atoms with Crippen molar-refractivity contribution in [1.82, 2.24) is 4.90 Å². The number of aliphatic carboxylic acids is 1. The van der Waals surface area contributed by atoms with Crippen LogP contribution in [-0.2, 0) is 9.59 Å². The third-order valence-corrected chi connectivity index (χ3v) is 5.23. The summed E-state index contributed by atoms with van der Waals surface area (Å²) < 4.78 is 0.211. The van der Waals surface area contributed by atoms with Gasteiger partial charge in [0.15, 0.2) is 0 Å². The normalized spacial score (nSPS) is 17.2. The maximum Gasteiger partial charge on any atom is 0.267 e. The third kappa shape index (κ3) is 3.50. The molecule has 1 atom stereocenters. The van der Waals surface area contributed by atoms with Gasteiger partial charge in [-0.05, 0) is 29.7 Å². The van der Waals surface area contributed by atoms with Gasteiger partial charge in [0.2, 0.25) is 0 Å². The standard InChI is InChI=1S/C19H15NO3S2/c1-12-7-5-6-10-14(12)11-15-17(21)20(19(24)25-15)16(18(22)23)13-8-3-2-4-9-13/h2-11,16H,1H3,(H,22,23)/p-1/b15-11-/t16-/m1/s1. The molecule has 3 rings (SSSR count). The number of thiocarbonyl (C=S) groups is 1. The predicted molar refractivity (Wildman–Crippen MR) is 100 cm³/mol. The fourth-order valence-electron chi connectivity index (χ4n) is 2.62. The van der Waals surface area contributed by atoms with Crippen molar-refractivity contribution in [2.75, 3.05) is 0 Å². The first-order valence-electron chi connectivity index (χ1n) is 7.57. The zero-order chi connectivity index (χ0) is 18.0. The van der Waals surface area contributed by atoms with Crippen molar-refractivity contribution >= 4 is 46.3 Å². The third-order valence-electron chi connectivity index (χ3n) is 3.90. The Morgan fingerprint density at radius 3 is 2.44 bits per heavy atom. The van der Waals surface area contributed by atoms with Gasteiger partial charge in [-0.3, -0.25) is 9.69 Å². The minimum absolute atomic E-state index is 0.211. The Hall–Kier alpha value is -2.44. The van der Waals surface area contributed by atoms with Gasteiger partial charge in [-0.1, -0.05) is 78.6 Å². The van der Waals surface area contributed by atoms with Crippen molar-refractivity contribution in [2.45, 2.75) is 13.0 Å². The SMILES string of the molecule is Cc1ccccc1/C=C1\SC(=S)N([C@@H](C(=O)[O-])c2ccccc2)C1=O. The van der Waals surface area contributed by atoms with E-state index in [4.69, 9.17) is 12.2 Å². The van der Waals surface area contributed by atoms with Gasteiger partial charge in [-0.2, -0.15) is 0 Å². The fraction of sp³-hybridized carbons (Fsp3) is 0.105. The molecule has 1 aliphatic rings. The molecule has 25 heavy (non-hydrogen) atoms. The van der Waals surface area contributed by atoms with Crippen molar-refractivity contribution in [3.63, 3.8) is 0 Å². The summed E-state index contributed by atoms with van der Waals surface area (Å²) in [6, 6.07) is 14.9. The number of carboxylic acid groups (broad SMARTS) is 1. The average molecular weight is 368 g/mol. The fourth-order valence-corrected chi connectivity index (χ4v) is 3.92. The summed E-state index contributed by atoms with van der Waals surface area (Å²) in [6.45, 7) is 1.94. The molecule has 4 nitrogen and oxygen atoms in total. The Labute approximate surface area is 155 Å². The van der Waals surface area contributed by atoms with Gasteiger partial charge in [0.05, 0.1) is 10.9 Å². The largest absolute Gasteiger partial charge is 0.547 e. The van der Waals surface area contributed by atoms with Gasteiger partial charge < -0.3 is 9.90 Å². The minimum Gasteiger partial charge on any atom is -0.547 e. The van der Waals surface area contributed by atoms with Crippen molar-refractivity contribution < 1.29 is 14.7 Å². The highest BCUT2D eigenvalue weighted by atomic mass is 32.2. The van der Waals surface area contributed by atoms with Crippen LogP contribution in [0.3, 0.4) is 0 Å². The molecule has 2 aromatic rings. The maximum atomic E-state index is 12.8. The zero-order valence-corrected chi connectivity index (χ0v) is 15.0. The summed E-state index contributed by atoms with van der Waals surface area (Å²) in [5.74, 6) is -1.78. The summed E-state index contributed by atoms with van der Waals surface area (Å²) in [4.78, 5) is 26.0. The van der Waals surface area contributed by atoms with Crippen molar-refractivity contribution in [1.29, 1.82) is 0 Å². The quantitative estimate of drug-likeness (QED) is 0.613. The lowest BCUT2D eigenvalue weighted by molar-refractivity contribution is -0.310. The molecule has 0 radical (unpaired) electrons. The highest BCUT2D eigenvalue weighted by Gasteiger charge is 2.38. The first-order valence-corrected chi connectivity index (χ1v) is 8.80. The average Bonchev–Trinajstić information content (AvgIpc) is 2.86. The van der Waals surface area contributed by atoms with E-state index in [9.17, 15) is 14.7 Å². The van der Waals surface area contributed by atoms with E-state index in [0.717, 1.165) is 27.8 Å². The monoisotopic (exact) mass is 368 g/mol. The molecule has 0 unspecified atom stereocenters. The Balaban J connectivity index is 1.98. The Morgan fingerprint density at radius 2 is 1.80 bits per heavy atom. The van der Waals surface area contributed by atoms with Crippen LogP contribution in [0.5, 0.6) is 0 Å². The van der Waals surface area contributed by atoms with Crippen LogP contribution in [0.2, 0.25) is 0 Å².